The third-order valence-corrected chi connectivity index (χ3v) is 5.37. The van der Waals surface area contributed by atoms with Crippen LogP contribution in [0, 0.1) is 5.92 Å². The Kier molecular flexibility index (Phi) is 4.98. The average Bonchev–Trinajstić information content (AvgIpc) is 3.01. The summed E-state index contributed by atoms with van der Waals surface area (Å²) in [4.78, 5) is 16.3. The van der Waals surface area contributed by atoms with Crippen molar-refractivity contribution in [2.45, 2.75) is 25.9 Å². The summed E-state index contributed by atoms with van der Waals surface area (Å²) in [6.45, 7) is 6.05. The third kappa shape index (κ3) is 3.78. The molecule has 0 spiro atoms. The fourth-order valence-electron chi connectivity index (χ4n) is 3.73. The number of hydrogen-bond acceptors (Lipinski definition) is 4. The zero-order valence-corrected chi connectivity index (χ0v) is 15.3. The summed E-state index contributed by atoms with van der Waals surface area (Å²) in [6, 6.07) is 14.2. The van der Waals surface area contributed by atoms with E-state index in [0.717, 1.165) is 35.5 Å². The second-order valence-electron chi connectivity index (χ2n) is 7.46. The van der Waals surface area contributed by atoms with Crippen LogP contribution in [0.4, 0.5) is 4.79 Å². The zero-order valence-electron chi connectivity index (χ0n) is 15.3. The Morgan fingerprint density at radius 1 is 1.12 bits per heavy atom. The highest BCUT2D eigenvalue weighted by atomic mass is 16.6. The minimum atomic E-state index is -0.227. The second kappa shape index (κ2) is 7.54. The molecular weight excluding hydrogens is 328 g/mol. The molecule has 5 heteroatoms. The molecule has 5 nitrogen and oxygen atoms in total. The van der Waals surface area contributed by atoms with Gasteiger partial charge < -0.3 is 9.47 Å². The van der Waals surface area contributed by atoms with Crippen LogP contribution in [-0.4, -0.2) is 54.9 Å². The first kappa shape index (κ1) is 17.2. The number of likely N-dealkylation sites (tertiary alicyclic amines) is 1. The Morgan fingerprint density at radius 2 is 1.88 bits per heavy atom. The molecule has 2 aliphatic heterocycles. The van der Waals surface area contributed by atoms with Crippen molar-refractivity contribution in [3.05, 3.63) is 42.5 Å². The van der Waals surface area contributed by atoms with E-state index in [4.69, 9.17) is 9.47 Å². The summed E-state index contributed by atoms with van der Waals surface area (Å²) < 4.78 is 11.5. The van der Waals surface area contributed by atoms with Gasteiger partial charge >= 0.3 is 6.09 Å². The van der Waals surface area contributed by atoms with E-state index in [1.165, 1.54) is 12.8 Å². The van der Waals surface area contributed by atoms with Crippen molar-refractivity contribution in [3.63, 3.8) is 0 Å². The molecule has 2 fully saturated rings. The maximum Gasteiger partial charge on any atom is 0.411 e. The highest BCUT2D eigenvalue weighted by molar-refractivity contribution is 5.88. The maximum atomic E-state index is 12.2. The molecule has 0 aromatic heterocycles. The molecule has 2 heterocycles. The van der Waals surface area contributed by atoms with Crippen molar-refractivity contribution in [2.24, 2.45) is 5.92 Å². The van der Waals surface area contributed by atoms with Gasteiger partial charge in [0.1, 0.15) is 12.4 Å². The van der Waals surface area contributed by atoms with Crippen molar-refractivity contribution in [1.82, 2.24) is 9.80 Å². The molecule has 1 amide bonds. The van der Waals surface area contributed by atoms with Crippen LogP contribution in [0.3, 0.4) is 0 Å². The van der Waals surface area contributed by atoms with Crippen LogP contribution in [0.2, 0.25) is 0 Å². The van der Waals surface area contributed by atoms with Crippen LogP contribution in [0.1, 0.15) is 19.8 Å². The number of ether oxygens (including phenoxy) is 2. The summed E-state index contributed by atoms with van der Waals surface area (Å²) in [5.41, 5.74) is 0. The summed E-state index contributed by atoms with van der Waals surface area (Å²) in [5.74, 6) is 1.63. The monoisotopic (exact) mass is 354 g/mol. The SMILES string of the molecule is CC1CCN(CN2C[C@@H](COc3cccc4ccccc34)OC2=O)CC1. The van der Waals surface area contributed by atoms with E-state index in [-0.39, 0.29) is 12.2 Å². The van der Waals surface area contributed by atoms with Gasteiger partial charge in [-0.2, -0.15) is 0 Å². The van der Waals surface area contributed by atoms with Crippen molar-refractivity contribution in [3.8, 4) is 5.75 Å². The van der Waals surface area contributed by atoms with Gasteiger partial charge in [-0.3, -0.25) is 9.80 Å². The average molecular weight is 354 g/mol. The first-order chi connectivity index (χ1) is 12.7. The van der Waals surface area contributed by atoms with Gasteiger partial charge in [0.2, 0.25) is 0 Å². The summed E-state index contributed by atoms with van der Waals surface area (Å²) in [5, 5.41) is 2.23. The molecule has 0 aliphatic carbocycles. The lowest BCUT2D eigenvalue weighted by Crippen LogP contribution is -2.42. The van der Waals surface area contributed by atoms with Gasteiger partial charge in [-0.05, 0) is 30.2 Å². The van der Waals surface area contributed by atoms with Crippen molar-refractivity contribution < 1.29 is 14.3 Å². The smallest absolute Gasteiger partial charge is 0.411 e. The summed E-state index contributed by atoms with van der Waals surface area (Å²) >= 11 is 0. The number of amides is 1. The molecule has 2 saturated heterocycles. The number of rotatable bonds is 5. The standard InChI is InChI=1S/C21H26N2O3/c1-16-9-11-22(12-10-16)15-23-13-18(26-21(23)24)14-25-20-8-4-6-17-5-2-3-7-19(17)20/h2-8,16,18H,9-15H2,1H3/t18-/m0/s1. The summed E-state index contributed by atoms with van der Waals surface area (Å²) in [6.07, 6.45) is 1.97. The number of nitrogens with zero attached hydrogens (tertiary/aromatic N) is 2. The number of carbonyl (C=O) groups excluding carboxylic acids is 1. The van der Waals surface area contributed by atoms with Gasteiger partial charge in [0, 0.05) is 18.5 Å². The zero-order chi connectivity index (χ0) is 17.9. The fourth-order valence-corrected chi connectivity index (χ4v) is 3.73. The normalized spacial score (nSPS) is 22.0. The fraction of sp³-hybridized carbons (Fsp3) is 0.476. The van der Waals surface area contributed by atoms with Crippen LogP contribution < -0.4 is 4.74 Å². The molecule has 2 aliphatic rings. The van der Waals surface area contributed by atoms with E-state index in [9.17, 15) is 4.79 Å². The molecule has 0 radical (unpaired) electrons. The van der Waals surface area contributed by atoms with Gasteiger partial charge in [0.25, 0.3) is 0 Å². The lowest BCUT2D eigenvalue weighted by molar-refractivity contribution is 0.0964. The number of carbonyl (C=O) groups is 1. The number of cyclic esters (lactones) is 1. The van der Waals surface area contributed by atoms with E-state index in [2.05, 4.69) is 30.0 Å². The number of fused-ring (bicyclic) bond motifs is 1. The van der Waals surface area contributed by atoms with Crippen molar-refractivity contribution in [1.29, 1.82) is 0 Å². The first-order valence-corrected chi connectivity index (χ1v) is 9.47. The highest BCUT2D eigenvalue weighted by Crippen LogP contribution is 2.26. The van der Waals surface area contributed by atoms with Crippen LogP contribution in [0.25, 0.3) is 10.8 Å². The predicted octanol–water partition coefficient (Wildman–Crippen LogP) is 3.73. The predicted molar refractivity (Wildman–Crippen MR) is 101 cm³/mol. The van der Waals surface area contributed by atoms with Crippen LogP contribution in [0.5, 0.6) is 5.75 Å². The summed E-state index contributed by atoms with van der Waals surface area (Å²) in [7, 11) is 0. The van der Waals surface area contributed by atoms with E-state index < -0.39 is 0 Å². The molecule has 4 rings (SSSR count). The quantitative estimate of drug-likeness (QED) is 0.820. The molecule has 0 saturated carbocycles. The molecule has 0 unspecified atom stereocenters. The van der Waals surface area contributed by atoms with E-state index in [0.29, 0.717) is 19.8 Å². The highest BCUT2D eigenvalue weighted by Gasteiger charge is 2.33. The number of benzene rings is 2. The Morgan fingerprint density at radius 3 is 2.73 bits per heavy atom. The van der Waals surface area contributed by atoms with E-state index >= 15 is 0 Å². The van der Waals surface area contributed by atoms with E-state index in [1.807, 2.05) is 24.3 Å². The second-order valence-corrected chi connectivity index (χ2v) is 7.46. The Hall–Kier alpha value is -2.27. The molecule has 2 aromatic carbocycles. The third-order valence-electron chi connectivity index (χ3n) is 5.37. The molecular formula is C21H26N2O3. The van der Waals surface area contributed by atoms with Crippen LogP contribution in [0.15, 0.2) is 42.5 Å². The Labute approximate surface area is 154 Å². The van der Waals surface area contributed by atoms with Crippen LogP contribution >= 0.6 is 0 Å². The molecule has 138 valence electrons. The van der Waals surface area contributed by atoms with Crippen molar-refractivity contribution >= 4 is 16.9 Å². The molecule has 26 heavy (non-hydrogen) atoms. The first-order valence-electron chi connectivity index (χ1n) is 9.47. The topological polar surface area (TPSA) is 42.0 Å². The Bertz CT molecular complexity index is 765. The molecule has 1 atom stereocenters. The van der Waals surface area contributed by atoms with Crippen molar-refractivity contribution in [2.75, 3.05) is 32.9 Å². The molecule has 0 bridgehead atoms. The van der Waals surface area contributed by atoms with Gasteiger partial charge in [-0.25, -0.2) is 4.79 Å². The minimum absolute atomic E-state index is 0.217. The minimum Gasteiger partial charge on any atom is -0.489 e. The van der Waals surface area contributed by atoms with Crippen LogP contribution in [-0.2, 0) is 4.74 Å². The number of piperidine rings is 1. The maximum absolute atomic E-state index is 12.2. The lowest BCUT2D eigenvalue weighted by Gasteiger charge is -2.32. The van der Waals surface area contributed by atoms with Gasteiger partial charge in [0.15, 0.2) is 6.10 Å². The number of hydrogen-bond donors (Lipinski definition) is 0. The van der Waals surface area contributed by atoms with Gasteiger partial charge in [0.05, 0.1) is 13.2 Å². The van der Waals surface area contributed by atoms with Gasteiger partial charge in [-0.15, -0.1) is 0 Å². The Balaban J connectivity index is 1.33. The van der Waals surface area contributed by atoms with Gasteiger partial charge in [-0.1, -0.05) is 43.3 Å². The molecule has 2 aromatic rings. The largest absolute Gasteiger partial charge is 0.489 e. The molecule has 0 N–H and O–H groups in total. The lowest BCUT2D eigenvalue weighted by atomic mass is 10.00. The van der Waals surface area contributed by atoms with E-state index in [1.54, 1.807) is 4.90 Å².